The molecule has 0 saturated heterocycles. The zero-order chi connectivity index (χ0) is 10.3. The molecule has 0 aromatic carbocycles. The first-order valence-corrected chi connectivity index (χ1v) is 4.87. The Labute approximate surface area is 80.7 Å². The summed E-state index contributed by atoms with van der Waals surface area (Å²) in [6, 6.07) is 0. The van der Waals surface area contributed by atoms with Gasteiger partial charge in [0.1, 0.15) is 0 Å². The third-order valence-corrected chi connectivity index (χ3v) is 2.19. The lowest BCUT2D eigenvalue weighted by molar-refractivity contribution is 0.00365. The highest BCUT2D eigenvalue weighted by atomic mass is 16.5. The first kappa shape index (κ1) is 12.9. The topological polar surface area (TPSA) is 49.7 Å². The van der Waals surface area contributed by atoms with Crippen LogP contribution in [0.25, 0.3) is 0 Å². The molecule has 0 aromatic rings. The SMILES string of the molecule is CCOC[C@@](C)(CO)C[C@@H](C)CO. The van der Waals surface area contributed by atoms with Crippen molar-refractivity contribution in [1.29, 1.82) is 0 Å². The van der Waals surface area contributed by atoms with Gasteiger partial charge in [0, 0.05) is 18.6 Å². The molecule has 0 saturated carbocycles. The van der Waals surface area contributed by atoms with Gasteiger partial charge in [-0.15, -0.1) is 0 Å². The van der Waals surface area contributed by atoms with E-state index < -0.39 is 0 Å². The van der Waals surface area contributed by atoms with Gasteiger partial charge in [0.2, 0.25) is 0 Å². The van der Waals surface area contributed by atoms with Crippen LogP contribution >= 0.6 is 0 Å². The smallest absolute Gasteiger partial charge is 0.0541 e. The van der Waals surface area contributed by atoms with Crippen LogP contribution < -0.4 is 0 Å². The van der Waals surface area contributed by atoms with Gasteiger partial charge in [-0.2, -0.15) is 0 Å². The second-order valence-corrected chi connectivity index (χ2v) is 4.10. The van der Waals surface area contributed by atoms with Crippen molar-refractivity contribution in [3.8, 4) is 0 Å². The van der Waals surface area contributed by atoms with Gasteiger partial charge in [-0.1, -0.05) is 13.8 Å². The van der Waals surface area contributed by atoms with Crippen molar-refractivity contribution in [2.75, 3.05) is 26.4 Å². The Morgan fingerprint density at radius 2 is 2.00 bits per heavy atom. The van der Waals surface area contributed by atoms with Crippen molar-refractivity contribution in [2.24, 2.45) is 11.3 Å². The van der Waals surface area contributed by atoms with E-state index in [2.05, 4.69) is 0 Å². The van der Waals surface area contributed by atoms with E-state index in [-0.39, 0.29) is 24.5 Å². The average molecular weight is 190 g/mol. The summed E-state index contributed by atoms with van der Waals surface area (Å²) in [6.45, 7) is 7.40. The summed E-state index contributed by atoms with van der Waals surface area (Å²) in [5, 5.41) is 18.1. The Bertz CT molecular complexity index is 127. The van der Waals surface area contributed by atoms with Gasteiger partial charge < -0.3 is 14.9 Å². The number of rotatable bonds is 7. The minimum Gasteiger partial charge on any atom is -0.396 e. The van der Waals surface area contributed by atoms with Crippen LogP contribution in [-0.2, 0) is 4.74 Å². The lowest BCUT2D eigenvalue weighted by Crippen LogP contribution is -2.30. The van der Waals surface area contributed by atoms with Crippen molar-refractivity contribution >= 4 is 0 Å². The molecule has 0 aromatic heterocycles. The van der Waals surface area contributed by atoms with Gasteiger partial charge in [0.05, 0.1) is 13.2 Å². The molecule has 13 heavy (non-hydrogen) atoms. The first-order chi connectivity index (χ1) is 6.08. The molecule has 3 heteroatoms. The molecule has 0 rings (SSSR count). The highest BCUT2D eigenvalue weighted by Crippen LogP contribution is 2.25. The minimum atomic E-state index is -0.210. The fourth-order valence-electron chi connectivity index (χ4n) is 1.42. The van der Waals surface area contributed by atoms with E-state index >= 15 is 0 Å². The zero-order valence-electron chi connectivity index (χ0n) is 8.92. The number of aliphatic hydroxyl groups excluding tert-OH is 2. The molecule has 0 fully saturated rings. The van der Waals surface area contributed by atoms with Crippen molar-refractivity contribution < 1.29 is 14.9 Å². The zero-order valence-corrected chi connectivity index (χ0v) is 8.92. The van der Waals surface area contributed by atoms with Crippen LogP contribution in [0.3, 0.4) is 0 Å². The quantitative estimate of drug-likeness (QED) is 0.630. The molecule has 0 spiro atoms. The Morgan fingerprint density at radius 1 is 1.38 bits per heavy atom. The number of hydrogen-bond donors (Lipinski definition) is 2. The van der Waals surface area contributed by atoms with Crippen molar-refractivity contribution in [3.05, 3.63) is 0 Å². The second-order valence-electron chi connectivity index (χ2n) is 4.10. The lowest BCUT2D eigenvalue weighted by Gasteiger charge is -2.29. The van der Waals surface area contributed by atoms with Gasteiger partial charge in [-0.3, -0.25) is 0 Å². The molecule has 80 valence electrons. The van der Waals surface area contributed by atoms with E-state index in [4.69, 9.17) is 9.84 Å². The maximum Gasteiger partial charge on any atom is 0.0541 e. The third-order valence-electron chi connectivity index (χ3n) is 2.19. The molecule has 0 aliphatic carbocycles. The monoisotopic (exact) mass is 190 g/mol. The Morgan fingerprint density at radius 3 is 2.38 bits per heavy atom. The van der Waals surface area contributed by atoms with Gasteiger partial charge in [-0.05, 0) is 19.3 Å². The van der Waals surface area contributed by atoms with Gasteiger partial charge >= 0.3 is 0 Å². The molecule has 2 N–H and O–H groups in total. The minimum absolute atomic E-state index is 0.108. The van der Waals surface area contributed by atoms with E-state index in [1.54, 1.807) is 0 Å². The molecular weight excluding hydrogens is 168 g/mol. The summed E-state index contributed by atoms with van der Waals surface area (Å²) in [5.74, 6) is 0.220. The van der Waals surface area contributed by atoms with Crippen molar-refractivity contribution in [3.63, 3.8) is 0 Å². The van der Waals surface area contributed by atoms with E-state index in [9.17, 15) is 5.11 Å². The molecular formula is C10H22O3. The van der Waals surface area contributed by atoms with E-state index in [1.807, 2.05) is 20.8 Å². The number of aliphatic hydroxyl groups is 2. The summed E-state index contributed by atoms with van der Waals surface area (Å²) >= 11 is 0. The summed E-state index contributed by atoms with van der Waals surface area (Å²) in [4.78, 5) is 0. The molecule has 0 amide bonds. The van der Waals surface area contributed by atoms with Gasteiger partial charge in [-0.25, -0.2) is 0 Å². The van der Waals surface area contributed by atoms with E-state index in [1.165, 1.54) is 0 Å². The molecule has 0 aliphatic heterocycles. The van der Waals surface area contributed by atoms with Crippen LogP contribution in [0.2, 0.25) is 0 Å². The van der Waals surface area contributed by atoms with E-state index in [0.717, 1.165) is 6.42 Å². The molecule has 0 radical (unpaired) electrons. The Kier molecular flexibility index (Phi) is 6.29. The maximum atomic E-state index is 9.19. The fourth-order valence-corrected chi connectivity index (χ4v) is 1.42. The van der Waals surface area contributed by atoms with Crippen LogP contribution in [0.5, 0.6) is 0 Å². The highest BCUT2D eigenvalue weighted by Gasteiger charge is 2.25. The lowest BCUT2D eigenvalue weighted by atomic mass is 9.83. The standard InChI is InChI=1S/C10H22O3/c1-4-13-8-10(3,7-12)5-9(2)6-11/h9,11-12H,4-8H2,1-3H3/t9-,10-/m1/s1. The van der Waals surface area contributed by atoms with Crippen LogP contribution in [0.4, 0.5) is 0 Å². The summed E-state index contributed by atoms with van der Waals surface area (Å²) < 4.78 is 5.29. The summed E-state index contributed by atoms with van der Waals surface area (Å²) in [7, 11) is 0. The van der Waals surface area contributed by atoms with Crippen LogP contribution in [0.1, 0.15) is 27.2 Å². The molecule has 3 nitrogen and oxygen atoms in total. The normalized spacial score (nSPS) is 18.2. The van der Waals surface area contributed by atoms with Gasteiger partial charge in [0.25, 0.3) is 0 Å². The highest BCUT2D eigenvalue weighted by molar-refractivity contribution is 4.75. The Hall–Kier alpha value is -0.120. The van der Waals surface area contributed by atoms with Gasteiger partial charge in [0.15, 0.2) is 0 Å². The predicted octanol–water partition coefficient (Wildman–Crippen LogP) is 1.04. The van der Waals surface area contributed by atoms with Crippen molar-refractivity contribution in [2.45, 2.75) is 27.2 Å². The third kappa shape index (κ3) is 5.24. The Balaban J connectivity index is 3.94. The summed E-state index contributed by atoms with van der Waals surface area (Å²) in [6.07, 6.45) is 0.792. The number of hydrogen-bond acceptors (Lipinski definition) is 3. The number of ether oxygens (including phenoxy) is 1. The first-order valence-electron chi connectivity index (χ1n) is 4.87. The van der Waals surface area contributed by atoms with E-state index in [0.29, 0.717) is 13.2 Å². The molecule has 0 bridgehead atoms. The van der Waals surface area contributed by atoms with Crippen LogP contribution in [0, 0.1) is 11.3 Å². The predicted molar refractivity (Wildman–Crippen MR) is 52.6 cm³/mol. The van der Waals surface area contributed by atoms with Crippen LogP contribution in [-0.4, -0.2) is 36.6 Å². The molecule has 0 heterocycles. The molecule has 0 unspecified atom stereocenters. The van der Waals surface area contributed by atoms with Crippen LogP contribution in [0.15, 0.2) is 0 Å². The average Bonchev–Trinajstić information content (AvgIpc) is 2.14. The second kappa shape index (κ2) is 6.35. The largest absolute Gasteiger partial charge is 0.396 e. The maximum absolute atomic E-state index is 9.19. The fraction of sp³-hybridized carbons (Fsp3) is 1.00. The molecule has 0 aliphatic rings. The summed E-state index contributed by atoms with van der Waals surface area (Å²) in [5.41, 5.74) is -0.210. The van der Waals surface area contributed by atoms with Crippen molar-refractivity contribution in [1.82, 2.24) is 0 Å². The molecule has 2 atom stereocenters.